The van der Waals surface area contributed by atoms with Crippen molar-refractivity contribution >= 4 is 11.6 Å². The fourth-order valence-corrected chi connectivity index (χ4v) is 1.80. The van der Waals surface area contributed by atoms with Gasteiger partial charge in [-0.2, -0.15) is 0 Å². The Balaban J connectivity index is 2.14. The minimum atomic E-state index is -0.686. The van der Waals surface area contributed by atoms with Gasteiger partial charge in [0.1, 0.15) is 29.8 Å². The van der Waals surface area contributed by atoms with Crippen molar-refractivity contribution in [3.63, 3.8) is 0 Å². The largest absolute Gasteiger partial charge is 0.488 e. The monoisotopic (exact) mass is 286 g/mol. The lowest BCUT2D eigenvalue weighted by Crippen LogP contribution is -2.01. The summed E-state index contributed by atoms with van der Waals surface area (Å²) in [6, 6.07) is 7.14. The molecule has 0 aliphatic rings. The molecule has 0 amide bonds. The van der Waals surface area contributed by atoms with E-state index in [1.807, 2.05) is 0 Å². The fraction of sp³-hybridized carbons (Fsp3) is 0.143. The van der Waals surface area contributed by atoms with Crippen LogP contribution < -0.4 is 4.74 Å². The topological polar surface area (TPSA) is 9.23 Å². The second-order valence-corrected chi connectivity index (χ2v) is 4.18. The van der Waals surface area contributed by atoms with Gasteiger partial charge in [-0.05, 0) is 30.3 Å². The average Bonchev–Trinajstić information content (AvgIpc) is 2.39. The molecule has 100 valence electrons. The molecule has 0 unspecified atom stereocenters. The van der Waals surface area contributed by atoms with Crippen LogP contribution in [0.3, 0.4) is 0 Å². The minimum absolute atomic E-state index is 0.0817. The molecule has 5 heteroatoms. The molecule has 0 saturated heterocycles. The molecule has 0 aliphatic heterocycles. The van der Waals surface area contributed by atoms with Gasteiger partial charge < -0.3 is 4.74 Å². The summed E-state index contributed by atoms with van der Waals surface area (Å²) in [5.74, 6) is -1.30. The Kier molecular flexibility index (Phi) is 4.32. The molecule has 0 spiro atoms. The zero-order chi connectivity index (χ0) is 13.8. The average molecular weight is 287 g/mol. The zero-order valence-corrected chi connectivity index (χ0v) is 10.6. The minimum Gasteiger partial charge on any atom is -0.488 e. The van der Waals surface area contributed by atoms with Gasteiger partial charge >= 0.3 is 0 Å². The molecule has 0 N–H and O–H groups in total. The Labute approximate surface area is 113 Å². The maximum Gasteiger partial charge on any atom is 0.132 e. The zero-order valence-electron chi connectivity index (χ0n) is 9.80. The summed E-state index contributed by atoms with van der Waals surface area (Å²) in [6.07, 6.45) is 0. The summed E-state index contributed by atoms with van der Waals surface area (Å²) in [5, 5.41) is 0. The third-order valence-electron chi connectivity index (χ3n) is 2.56. The molecule has 0 heterocycles. The number of alkyl halides is 1. The predicted molar refractivity (Wildman–Crippen MR) is 66.6 cm³/mol. The van der Waals surface area contributed by atoms with Crippen LogP contribution in [-0.4, -0.2) is 0 Å². The highest BCUT2D eigenvalue weighted by Gasteiger charge is 2.08. The Hall–Kier alpha value is -1.68. The van der Waals surface area contributed by atoms with Crippen LogP contribution in [0.2, 0.25) is 0 Å². The van der Waals surface area contributed by atoms with E-state index in [-0.39, 0.29) is 18.1 Å². The summed E-state index contributed by atoms with van der Waals surface area (Å²) < 4.78 is 44.5. The number of hydrogen-bond donors (Lipinski definition) is 0. The van der Waals surface area contributed by atoms with Gasteiger partial charge in [-0.1, -0.05) is 0 Å². The molecule has 0 aromatic heterocycles. The van der Waals surface area contributed by atoms with E-state index >= 15 is 0 Å². The highest BCUT2D eigenvalue weighted by atomic mass is 35.5. The summed E-state index contributed by atoms with van der Waals surface area (Å²) in [6.45, 7) is -0.0817. The Morgan fingerprint density at radius 1 is 0.895 bits per heavy atom. The molecule has 0 bridgehead atoms. The van der Waals surface area contributed by atoms with Gasteiger partial charge in [0.15, 0.2) is 0 Å². The molecule has 19 heavy (non-hydrogen) atoms. The van der Waals surface area contributed by atoms with Crippen molar-refractivity contribution in [3.05, 3.63) is 65.0 Å². The quantitative estimate of drug-likeness (QED) is 0.756. The fourth-order valence-electron chi connectivity index (χ4n) is 1.59. The molecule has 2 aromatic carbocycles. The molecular weight excluding hydrogens is 277 g/mol. The van der Waals surface area contributed by atoms with Gasteiger partial charge in [-0.25, -0.2) is 13.2 Å². The van der Waals surface area contributed by atoms with Crippen molar-refractivity contribution in [2.75, 3.05) is 0 Å². The van der Waals surface area contributed by atoms with Crippen molar-refractivity contribution in [3.8, 4) is 5.75 Å². The first-order valence-corrected chi connectivity index (χ1v) is 6.04. The first kappa shape index (κ1) is 13.7. The highest BCUT2D eigenvalue weighted by molar-refractivity contribution is 6.17. The van der Waals surface area contributed by atoms with Crippen LogP contribution in [0.1, 0.15) is 11.1 Å². The van der Waals surface area contributed by atoms with Gasteiger partial charge in [0.05, 0.1) is 5.88 Å². The van der Waals surface area contributed by atoms with Crippen LogP contribution in [0, 0.1) is 17.5 Å². The molecule has 0 radical (unpaired) electrons. The summed E-state index contributed by atoms with van der Waals surface area (Å²) in [4.78, 5) is 0. The van der Waals surface area contributed by atoms with E-state index < -0.39 is 17.5 Å². The van der Waals surface area contributed by atoms with E-state index in [4.69, 9.17) is 16.3 Å². The number of rotatable bonds is 4. The molecule has 0 fully saturated rings. The maximum absolute atomic E-state index is 13.4. The highest BCUT2D eigenvalue weighted by Crippen LogP contribution is 2.23. The maximum atomic E-state index is 13.4. The van der Waals surface area contributed by atoms with Crippen LogP contribution in [-0.2, 0) is 12.5 Å². The van der Waals surface area contributed by atoms with Crippen molar-refractivity contribution in [2.24, 2.45) is 0 Å². The number of benzene rings is 2. The smallest absolute Gasteiger partial charge is 0.132 e. The molecule has 0 atom stereocenters. The molecule has 0 aliphatic carbocycles. The Morgan fingerprint density at radius 3 is 2.26 bits per heavy atom. The van der Waals surface area contributed by atoms with Crippen LogP contribution in [0.4, 0.5) is 13.2 Å². The third-order valence-corrected chi connectivity index (χ3v) is 2.85. The molecule has 2 aromatic rings. The number of halogens is 4. The lowest BCUT2D eigenvalue weighted by molar-refractivity contribution is 0.296. The van der Waals surface area contributed by atoms with Gasteiger partial charge in [-0.15, -0.1) is 11.6 Å². The van der Waals surface area contributed by atoms with E-state index in [9.17, 15) is 13.2 Å². The van der Waals surface area contributed by atoms with Crippen LogP contribution in [0.25, 0.3) is 0 Å². The van der Waals surface area contributed by atoms with Crippen molar-refractivity contribution < 1.29 is 17.9 Å². The van der Waals surface area contributed by atoms with Crippen molar-refractivity contribution in [2.45, 2.75) is 12.5 Å². The van der Waals surface area contributed by atoms with Gasteiger partial charge in [0.2, 0.25) is 0 Å². The lowest BCUT2D eigenvalue weighted by atomic mass is 10.2. The Bertz CT molecular complexity index is 587. The van der Waals surface area contributed by atoms with E-state index in [0.717, 1.165) is 12.1 Å². The number of ether oxygens (including phenoxy) is 1. The molecule has 1 nitrogen and oxygen atoms in total. The summed E-state index contributed by atoms with van der Waals surface area (Å²) >= 11 is 5.67. The van der Waals surface area contributed by atoms with Gasteiger partial charge in [0.25, 0.3) is 0 Å². The first-order valence-electron chi connectivity index (χ1n) is 5.51. The van der Waals surface area contributed by atoms with Crippen LogP contribution in [0.15, 0.2) is 36.4 Å². The van der Waals surface area contributed by atoms with Gasteiger partial charge in [-0.3, -0.25) is 0 Å². The third kappa shape index (κ3) is 3.41. The first-order chi connectivity index (χ1) is 9.10. The van der Waals surface area contributed by atoms with Crippen molar-refractivity contribution in [1.82, 2.24) is 0 Å². The normalized spacial score (nSPS) is 10.5. The summed E-state index contributed by atoms with van der Waals surface area (Å²) in [7, 11) is 0. The second kappa shape index (κ2) is 5.97. The van der Waals surface area contributed by atoms with Crippen LogP contribution >= 0.6 is 11.6 Å². The summed E-state index contributed by atoms with van der Waals surface area (Å²) in [5.41, 5.74) is 0.690. The molecule has 2 rings (SSSR count). The second-order valence-electron chi connectivity index (χ2n) is 3.91. The SMILES string of the molecule is Fc1ccc(COc2ccc(F)cc2CCl)c(F)c1. The van der Waals surface area contributed by atoms with E-state index in [0.29, 0.717) is 11.3 Å². The van der Waals surface area contributed by atoms with Gasteiger partial charge in [0, 0.05) is 17.2 Å². The lowest BCUT2D eigenvalue weighted by Gasteiger charge is -2.10. The van der Waals surface area contributed by atoms with Crippen molar-refractivity contribution in [1.29, 1.82) is 0 Å². The Morgan fingerprint density at radius 2 is 1.58 bits per heavy atom. The van der Waals surface area contributed by atoms with E-state index in [2.05, 4.69) is 0 Å². The van der Waals surface area contributed by atoms with Crippen LogP contribution in [0.5, 0.6) is 5.75 Å². The number of hydrogen-bond acceptors (Lipinski definition) is 1. The molecule has 0 saturated carbocycles. The predicted octanol–water partition coefficient (Wildman–Crippen LogP) is 4.42. The standard InChI is InChI=1S/C14H10ClF3O/c15-7-10-5-11(16)3-4-14(10)19-8-9-1-2-12(17)6-13(9)18/h1-6H,7-8H2. The van der Waals surface area contributed by atoms with E-state index in [1.165, 1.54) is 24.3 Å². The molecular formula is C14H10ClF3O. The van der Waals surface area contributed by atoms with E-state index in [1.54, 1.807) is 0 Å².